The maximum atomic E-state index is 11.7. The number of alkyl carbamates (subject to hydrolysis) is 1. The van der Waals surface area contributed by atoms with E-state index in [-0.39, 0.29) is 30.3 Å². The summed E-state index contributed by atoms with van der Waals surface area (Å²) in [7, 11) is 0. The van der Waals surface area contributed by atoms with Crippen LogP contribution in [0.2, 0.25) is 0 Å². The molecule has 1 saturated heterocycles. The van der Waals surface area contributed by atoms with Gasteiger partial charge in [0.05, 0.1) is 5.60 Å². The molecule has 2 aliphatic rings. The smallest absolute Gasteiger partial charge is 0.407 e. The van der Waals surface area contributed by atoms with Crippen LogP contribution in [0.5, 0.6) is 0 Å². The number of carbonyl (C=O) groups excluding carboxylic acids is 1. The molecule has 110 valence electrons. The van der Waals surface area contributed by atoms with E-state index in [1.165, 1.54) is 0 Å². The van der Waals surface area contributed by atoms with Gasteiger partial charge in [0.1, 0.15) is 5.60 Å². The molecule has 0 aromatic heterocycles. The second-order valence-corrected chi connectivity index (χ2v) is 6.67. The molecular weight excluding hydrogens is 246 g/mol. The Hall–Kier alpha value is -0.810. The minimum Gasteiger partial charge on any atom is -0.444 e. The van der Waals surface area contributed by atoms with Gasteiger partial charge in [-0.3, -0.25) is 0 Å². The van der Waals surface area contributed by atoms with Crippen molar-refractivity contribution in [3.63, 3.8) is 0 Å². The molecule has 3 atom stereocenters. The number of aliphatic hydroxyl groups is 1. The van der Waals surface area contributed by atoms with Gasteiger partial charge in [0, 0.05) is 25.2 Å². The number of aliphatic hydroxyl groups excluding tert-OH is 1. The molecular formula is C14H25NO4. The van der Waals surface area contributed by atoms with Crippen LogP contribution >= 0.6 is 0 Å². The molecule has 0 aromatic rings. The zero-order valence-electron chi connectivity index (χ0n) is 12.1. The Kier molecular flexibility index (Phi) is 4.06. The molecule has 1 aliphatic carbocycles. The molecule has 5 heteroatoms. The first-order valence-corrected chi connectivity index (χ1v) is 7.09. The summed E-state index contributed by atoms with van der Waals surface area (Å²) in [6, 6.07) is 0.0852. The molecule has 1 amide bonds. The Balaban J connectivity index is 1.87. The molecule has 0 radical (unpaired) electrons. The zero-order valence-corrected chi connectivity index (χ0v) is 12.1. The molecule has 1 spiro atoms. The average Bonchev–Trinajstić information content (AvgIpc) is 2.84. The van der Waals surface area contributed by atoms with E-state index >= 15 is 0 Å². The highest BCUT2D eigenvalue weighted by Crippen LogP contribution is 2.44. The lowest BCUT2D eigenvalue weighted by Gasteiger charge is -2.29. The van der Waals surface area contributed by atoms with Crippen molar-refractivity contribution in [2.75, 3.05) is 13.2 Å². The average molecular weight is 271 g/mol. The van der Waals surface area contributed by atoms with Crippen LogP contribution in [0.4, 0.5) is 4.79 Å². The predicted octanol–water partition coefficient (Wildman–Crippen LogP) is 1.83. The molecule has 1 aliphatic heterocycles. The van der Waals surface area contributed by atoms with E-state index < -0.39 is 5.60 Å². The van der Waals surface area contributed by atoms with Crippen molar-refractivity contribution in [3.8, 4) is 0 Å². The second-order valence-electron chi connectivity index (χ2n) is 6.67. The van der Waals surface area contributed by atoms with Crippen molar-refractivity contribution in [2.24, 2.45) is 5.92 Å². The molecule has 1 unspecified atom stereocenters. The van der Waals surface area contributed by atoms with Gasteiger partial charge in [0.15, 0.2) is 0 Å². The molecule has 2 rings (SSSR count). The van der Waals surface area contributed by atoms with E-state index in [4.69, 9.17) is 9.47 Å². The fraction of sp³-hybridized carbons (Fsp3) is 0.929. The van der Waals surface area contributed by atoms with E-state index in [9.17, 15) is 9.90 Å². The Bertz CT molecular complexity index is 339. The highest BCUT2D eigenvalue weighted by molar-refractivity contribution is 5.68. The van der Waals surface area contributed by atoms with E-state index in [1.807, 2.05) is 20.8 Å². The Morgan fingerprint density at radius 1 is 1.47 bits per heavy atom. The summed E-state index contributed by atoms with van der Waals surface area (Å²) in [5.41, 5.74) is -0.702. The van der Waals surface area contributed by atoms with E-state index in [2.05, 4.69) is 5.32 Å². The first-order valence-electron chi connectivity index (χ1n) is 7.09. The number of rotatable bonds is 2. The van der Waals surface area contributed by atoms with Crippen LogP contribution in [0, 0.1) is 5.92 Å². The maximum absolute atomic E-state index is 11.7. The van der Waals surface area contributed by atoms with Gasteiger partial charge in [0.2, 0.25) is 0 Å². The van der Waals surface area contributed by atoms with Crippen LogP contribution in [0.25, 0.3) is 0 Å². The quantitative estimate of drug-likeness (QED) is 0.804. The summed E-state index contributed by atoms with van der Waals surface area (Å²) in [4.78, 5) is 11.7. The lowest BCUT2D eigenvalue weighted by Crippen LogP contribution is -2.41. The molecule has 0 aromatic carbocycles. The van der Waals surface area contributed by atoms with Crippen molar-refractivity contribution in [1.29, 1.82) is 0 Å². The van der Waals surface area contributed by atoms with Gasteiger partial charge >= 0.3 is 6.09 Å². The number of ether oxygens (including phenoxy) is 2. The largest absolute Gasteiger partial charge is 0.444 e. The van der Waals surface area contributed by atoms with Crippen molar-refractivity contribution in [3.05, 3.63) is 0 Å². The Morgan fingerprint density at radius 3 is 2.84 bits per heavy atom. The summed E-state index contributed by atoms with van der Waals surface area (Å²) < 4.78 is 11.1. The minimum atomic E-state index is -0.474. The molecule has 5 nitrogen and oxygen atoms in total. The van der Waals surface area contributed by atoms with E-state index in [1.54, 1.807) is 0 Å². The van der Waals surface area contributed by atoms with Gasteiger partial charge in [-0.15, -0.1) is 0 Å². The highest BCUT2D eigenvalue weighted by atomic mass is 16.6. The number of amides is 1. The number of hydrogen-bond donors (Lipinski definition) is 2. The number of nitrogens with one attached hydrogen (secondary N) is 1. The van der Waals surface area contributed by atoms with Crippen LogP contribution in [0.1, 0.15) is 46.5 Å². The number of hydrogen-bond acceptors (Lipinski definition) is 4. The van der Waals surface area contributed by atoms with Gasteiger partial charge in [-0.05, 0) is 46.5 Å². The SMILES string of the molecule is CC(C)(C)OC(=O)N[C@H]1CC[C@@]2(C1)OCCC2CO. The summed E-state index contributed by atoms with van der Waals surface area (Å²) in [5, 5.41) is 12.3. The molecule has 2 fully saturated rings. The van der Waals surface area contributed by atoms with Crippen LogP contribution < -0.4 is 5.32 Å². The third-order valence-electron chi connectivity index (χ3n) is 4.05. The Labute approximate surface area is 114 Å². The fourth-order valence-corrected chi connectivity index (χ4v) is 3.18. The topological polar surface area (TPSA) is 67.8 Å². The fourth-order valence-electron chi connectivity index (χ4n) is 3.18. The lowest BCUT2D eigenvalue weighted by atomic mass is 9.86. The highest BCUT2D eigenvalue weighted by Gasteiger charge is 2.49. The molecule has 0 bridgehead atoms. The monoisotopic (exact) mass is 271 g/mol. The van der Waals surface area contributed by atoms with Crippen molar-refractivity contribution in [2.45, 2.75) is 63.7 Å². The third kappa shape index (κ3) is 3.39. The summed E-state index contributed by atoms with van der Waals surface area (Å²) >= 11 is 0. The normalized spacial score (nSPS) is 34.7. The standard InChI is InChI=1S/C14H25NO4/c1-13(2,3)19-12(17)15-11-4-6-14(8-11)10(9-16)5-7-18-14/h10-11,16H,4-9H2,1-3H3,(H,15,17)/t10?,11-,14-/m0/s1. The van der Waals surface area contributed by atoms with Gasteiger partial charge in [-0.1, -0.05) is 0 Å². The minimum absolute atomic E-state index is 0.0852. The van der Waals surface area contributed by atoms with Crippen LogP contribution in [-0.2, 0) is 9.47 Å². The van der Waals surface area contributed by atoms with E-state index in [0.717, 1.165) is 25.7 Å². The summed E-state index contributed by atoms with van der Waals surface area (Å²) in [6.07, 6.45) is 3.11. The zero-order chi connectivity index (χ0) is 14.1. The molecule has 1 saturated carbocycles. The van der Waals surface area contributed by atoms with Crippen molar-refractivity contribution in [1.82, 2.24) is 5.32 Å². The number of carbonyl (C=O) groups is 1. The van der Waals surface area contributed by atoms with Gasteiger partial charge in [-0.2, -0.15) is 0 Å². The van der Waals surface area contributed by atoms with Crippen molar-refractivity contribution >= 4 is 6.09 Å². The lowest BCUT2D eigenvalue weighted by molar-refractivity contribution is -0.0299. The third-order valence-corrected chi connectivity index (χ3v) is 4.05. The predicted molar refractivity (Wildman–Crippen MR) is 70.9 cm³/mol. The second kappa shape index (κ2) is 5.29. The maximum Gasteiger partial charge on any atom is 0.407 e. The Morgan fingerprint density at radius 2 is 2.21 bits per heavy atom. The summed E-state index contributed by atoms with van der Waals surface area (Å²) in [6.45, 7) is 6.43. The van der Waals surface area contributed by atoms with Crippen molar-refractivity contribution < 1.29 is 19.4 Å². The van der Waals surface area contributed by atoms with Crippen LogP contribution in [-0.4, -0.2) is 41.7 Å². The van der Waals surface area contributed by atoms with Crippen LogP contribution in [0.15, 0.2) is 0 Å². The molecule has 1 heterocycles. The van der Waals surface area contributed by atoms with Gasteiger partial charge in [-0.25, -0.2) is 4.79 Å². The van der Waals surface area contributed by atoms with Gasteiger partial charge in [0.25, 0.3) is 0 Å². The first-order chi connectivity index (χ1) is 8.85. The molecule has 19 heavy (non-hydrogen) atoms. The summed E-state index contributed by atoms with van der Waals surface area (Å²) in [5.74, 6) is 0.206. The van der Waals surface area contributed by atoms with Crippen LogP contribution in [0.3, 0.4) is 0 Å². The van der Waals surface area contributed by atoms with E-state index in [0.29, 0.717) is 6.61 Å². The first kappa shape index (κ1) is 14.6. The van der Waals surface area contributed by atoms with Gasteiger partial charge < -0.3 is 19.9 Å². The molecule has 2 N–H and O–H groups in total.